The van der Waals surface area contributed by atoms with Gasteiger partial charge in [0.2, 0.25) is 5.91 Å². The number of carbonyl (C=O) groups excluding carboxylic acids is 2. The zero-order valence-electron chi connectivity index (χ0n) is 12.0. The molecule has 23 heavy (non-hydrogen) atoms. The molecule has 6 nitrogen and oxygen atoms in total. The fraction of sp³-hybridized carbons (Fsp3) is 0.429. The van der Waals surface area contributed by atoms with Gasteiger partial charge in [-0.05, 0) is 30.5 Å². The molecule has 1 fully saturated rings. The van der Waals surface area contributed by atoms with Crippen LogP contribution in [0.5, 0.6) is 5.75 Å². The summed E-state index contributed by atoms with van der Waals surface area (Å²) in [7, 11) is 0. The lowest BCUT2D eigenvalue weighted by Gasteiger charge is -2.12. The van der Waals surface area contributed by atoms with Crippen molar-refractivity contribution in [1.29, 1.82) is 0 Å². The molecule has 0 bridgehead atoms. The van der Waals surface area contributed by atoms with Crippen LogP contribution in [-0.2, 0) is 20.7 Å². The molecule has 0 saturated carbocycles. The fourth-order valence-electron chi connectivity index (χ4n) is 2.03. The van der Waals surface area contributed by atoms with Gasteiger partial charge in [-0.15, -0.1) is 13.2 Å². The third-order valence-corrected chi connectivity index (χ3v) is 3.07. The lowest BCUT2D eigenvalue weighted by Crippen LogP contribution is -2.46. The van der Waals surface area contributed by atoms with Crippen molar-refractivity contribution in [1.82, 2.24) is 10.9 Å². The summed E-state index contributed by atoms with van der Waals surface area (Å²) in [5.74, 6) is -1.29. The van der Waals surface area contributed by atoms with E-state index in [-0.39, 0.29) is 12.2 Å². The molecule has 9 heteroatoms. The van der Waals surface area contributed by atoms with Gasteiger partial charge in [0.25, 0.3) is 5.91 Å². The highest BCUT2D eigenvalue weighted by atomic mass is 19.4. The van der Waals surface area contributed by atoms with E-state index in [0.717, 1.165) is 18.6 Å². The van der Waals surface area contributed by atoms with Crippen LogP contribution >= 0.6 is 0 Å². The van der Waals surface area contributed by atoms with Crippen molar-refractivity contribution < 1.29 is 32.2 Å². The maximum absolute atomic E-state index is 12.0. The zero-order chi connectivity index (χ0) is 16.9. The number of nitrogens with one attached hydrogen (secondary N) is 2. The number of hydrazine groups is 1. The van der Waals surface area contributed by atoms with E-state index in [9.17, 15) is 22.8 Å². The zero-order valence-corrected chi connectivity index (χ0v) is 12.0. The number of hydrogen-bond acceptors (Lipinski definition) is 4. The molecular weight excluding hydrogens is 317 g/mol. The Labute approximate surface area is 129 Å². The number of carbonyl (C=O) groups is 2. The Morgan fingerprint density at radius 3 is 2.48 bits per heavy atom. The monoisotopic (exact) mass is 332 g/mol. The molecule has 0 spiro atoms. The Morgan fingerprint density at radius 2 is 1.91 bits per heavy atom. The molecule has 0 aromatic heterocycles. The van der Waals surface area contributed by atoms with Crippen molar-refractivity contribution in [2.24, 2.45) is 0 Å². The van der Waals surface area contributed by atoms with Gasteiger partial charge in [0, 0.05) is 6.61 Å². The van der Waals surface area contributed by atoms with Crippen LogP contribution in [0, 0.1) is 0 Å². The standard InChI is InChI=1S/C14H15F3N2O4/c15-14(16,17)23-10-5-3-9(4-6-10)8-12(20)18-19-13(21)11-2-1-7-22-11/h3-6,11H,1-2,7-8H2,(H,18,20)(H,19,21). The van der Waals surface area contributed by atoms with Crippen LogP contribution in [0.2, 0.25) is 0 Å². The number of ether oxygens (including phenoxy) is 2. The van der Waals surface area contributed by atoms with E-state index in [0.29, 0.717) is 18.6 Å². The number of rotatable bonds is 4. The van der Waals surface area contributed by atoms with E-state index in [1.54, 1.807) is 0 Å². The first-order valence-electron chi connectivity index (χ1n) is 6.88. The van der Waals surface area contributed by atoms with Crippen LogP contribution in [0.4, 0.5) is 13.2 Å². The number of halogens is 3. The molecule has 1 aliphatic rings. The van der Waals surface area contributed by atoms with Crippen LogP contribution < -0.4 is 15.6 Å². The topological polar surface area (TPSA) is 76.7 Å². The predicted molar refractivity (Wildman–Crippen MR) is 72.1 cm³/mol. The Morgan fingerprint density at radius 1 is 1.22 bits per heavy atom. The number of alkyl halides is 3. The van der Waals surface area contributed by atoms with Crippen molar-refractivity contribution in [2.45, 2.75) is 31.7 Å². The van der Waals surface area contributed by atoms with Gasteiger partial charge < -0.3 is 9.47 Å². The van der Waals surface area contributed by atoms with E-state index in [1.807, 2.05) is 0 Å². The number of hydrogen-bond donors (Lipinski definition) is 2. The normalized spacial score (nSPS) is 17.6. The van der Waals surface area contributed by atoms with Crippen LogP contribution in [0.1, 0.15) is 18.4 Å². The van der Waals surface area contributed by atoms with Gasteiger partial charge in [-0.3, -0.25) is 20.4 Å². The van der Waals surface area contributed by atoms with Crippen molar-refractivity contribution in [3.63, 3.8) is 0 Å². The van der Waals surface area contributed by atoms with Gasteiger partial charge in [0.1, 0.15) is 11.9 Å². The third-order valence-electron chi connectivity index (χ3n) is 3.07. The molecule has 1 aromatic rings. The van der Waals surface area contributed by atoms with Crippen molar-refractivity contribution >= 4 is 11.8 Å². The van der Waals surface area contributed by atoms with Crippen LogP contribution in [-0.4, -0.2) is 30.9 Å². The highest BCUT2D eigenvalue weighted by Gasteiger charge is 2.31. The quantitative estimate of drug-likeness (QED) is 0.819. The summed E-state index contributed by atoms with van der Waals surface area (Å²) in [4.78, 5) is 23.3. The molecule has 1 atom stereocenters. The molecule has 1 saturated heterocycles. The van der Waals surface area contributed by atoms with Crippen molar-refractivity contribution in [2.75, 3.05) is 6.61 Å². The summed E-state index contributed by atoms with van der Waals surface area (Å²) in [6.45, 7) is 0.512. The average molecular weight is 332 g/mol. The second kappa shape index (κ2) is 7.32. The molecular formula is C14H15F3N2O4. The van der Waals surface area contributed by atoms with E-state index in [4.69, 9.17) is 4.74 Å². The Hall–Kier alpha value is -2.29. The van der Waals surface area contributed by atoms with E-state index in [1.165, 1.54) is 12.1 Å². The molecule has 0 aliphatic carbocycles. The second-order valence-electron chi connectivity index (χ2n) is 4.91. The Bertz CT molecular complexity index is 554. The molecule has 126 valence electrons. The largest absolute Gasteiger partial charge is 0.573 e. The minimum Gasteiger partial charge on any atom is -0.406 e. The SMILES string of the molecule is O=C(Cc1ccc(OC(F)(F)F)cc1)NNC(=O)C1CCCO1. The Kier molecular flexibility index (Phi) is 5.43. The van der Waals surface area contributed by atoms with E-state index < -0.39 is 24.3 Å². The van der Waals surface area contributed by atoms with E-state index >= 15 is 0 Å². The average Bonchev–Trinajstić information content (AvgIpc) is 2.99. The van der Waals surface area contributed by atoms with Crippen LogP contribution in [0.15, 0.2) is 24.3 Å². The number of benzene rings is 1. The van der Waals surface area contributed by atoms with Gasteiger partial charge in [0.15, 0.2) is 0 Å². The first-order chi connectivity index (χ1) is 10.8. The first-order valence-corrected chi connectivity index (χ1v) is 6.88. The van der Waals surface area contributed by atoms with E-state index in [2.05, 4.69) is 15.6 Å². The molecule has 2 N–H and O–H groups in total. The summed E-state index contributed by atoms with van der Waals surface area (Å²) in [5.41, 5.74) is 4.96. The van der Waals surface area contributed by atoms with Crippen LogP contribution in [0.25, 0.3) is 0 Å². The highest BCUT2D eigenvalue weighted by Crippen LogP contribution is 2.22. The summed E-state index contributed by atoms with van der Waals surface area (Å²) >= 11 is 0. The fourth-order valence-corrected chi connectivity index (χ4v) is 2.03. The maximum Gasteiger partial charge on any atom is 0.573 e. The highest BCUT2D eigenvalue weighted by molar-refractivity contribution is 5.85. The van der Waals surface area contributed by atoms with Gasteiger partial charge >= 0.3 is 6.36 Å². The van der Waals surface area contributed by atoms with Gasteiger partial charge in [-0.1, -0.05) is 12.1 Å². The minimum absolute atomic E-state index is 0.0991. The van der Waals surface area contributed by atoms with Crippen molar-refractivity contribution in [3.8, 4) is 5.75 Å². The molecule has 0 radical (unpaired) electrons. The minimum atomic E-state index is -4.76. The molecule has 2 rings (SSSR count). The second-order valence-corrected chi connectivity index (χ2v) is 4.91. The predicted octanol–water partition coefficient (Wildman–Crippen LogP) is 1.45. The van der Waals surface area contributed by atoms with Crippen molar-refractivity contribution in [3.05, 3.63) is 29.8 Å². The van der Waals surface area contributed by atoms with Gasteiger partial charge in [-0.25, -0.2) is 0 Å². The maximum atomic E-state index is 12.0. The van der Waals surface area contributed by atoms with Crippen LogP contribution in [0.3, 0.4) is 0 Å². The summed E-state index contributed by atoms with van der Waals surface area (Å²) in [6.07, 6.45) is -4.03. The smallest absolute Gasteiger partial charge is 0.406 e. The molecule has 1 heterocycles. The lowest BCUT2D eigenvalue weighted by atomic mass is 10.1. The summed E-state index contributed by atoms with van der Waals surface area (Å²) in [5, 5.41) is 0. The first kappa shape index (κ1) is 17.1. The molecule has 1 aliphatic heterocycles. The Balaban J connectivity index is 1.77. The van der Waals surface area contributed by atoms with Gasteiger partial charge in [0.05, 0.1) is 6.42 Å². The molecule has 1 aromatic carbocycles. The third kappa shape index (κ3) is 5.78. The summed E-state index contributed by atoms with van der Waals surface area (Å²) < 4.78 is 44.9. The lowest BCUT2D eigenvalue weighted by molar-refractivity contribution is -0.274. The molecule has 1 unspecified atom stereocenters. The van der Waals surface area contributed by atoms with Gasteiger partial charge in [-0.2, -0.15) is 0 Å². The summed E-state index contributed by atoms with van der Waals surface area (Å²) in [6, 6.07) is 4.90. The molecule has 2 amide bonds. The number of amides is 2.